The molecule has 0 aliphatic carbocycles. The van der Waals surface area contributed by atoms with Gasteiger partial charge in [0.05, 0.1) is 5.49 Å². The summed E-state index contributed by atoms with van der Waals surface area (Å²) in [5.41, 5.74) is 2.72. The Morgan fingerprint density at radius 1 is 1.26 bits per heavy atom. The molecule has 0 saturated heterocycles. The summed E-state index contributed by atoms with van der Waals surface area (Å²) < 4.78 is 21.9. The van der Waals surface area contributed by atoms with E-state index in [0.29, 0.717) is 5.69 Å². The molecule has 1 aliphatic rings. The minimum atomic E-state index is -3.42. The minimum Gasteiger partial charge on any atom is -0.382 e. The van der Waals surface area contributed by atoms with Crippen molar-refractivity contribution in [1.82, 2.24) is 4.90 Å². The van der Waals surface area contributed by atoms with Crippen LogP contribution in [0, 0.1) is 6.92 Å². The van der Waals surface area contributed by atoms with Gasteiger partial charge in [-0.2, -0.15) is 0 Å². The van der Waals surface area contributed by atoms with Crippen LogP contribution < -0.4 is 4.90 Å². The van der Waals surface area contributed by atoms with Crippen LogP contribution in [0.15, 0.2) is 35.4 Å². The van der Waals surface area contributed by atoms with E-state index in [9.17, 15) is 13.6 Å². The number of hydrogen-bond donors (Lipinski definition) is 1. The number of anilines is 1. The molecule has 0 spiro atoms. The Hall–Kier alpha value is -1.79. The molecule has 102 valence electrons. The Morgan fingerprint density at radius 3 is 2.37 bits per heavy atom. The van der Waals surface area contributed by atoms with Crippen molar-refractivity contribution in [2.24, 2.45) is 0 Å². The smallest absolute Gasteiger partial charge is 0.275 e. The molecular formula is C13H16N2O3S. The molecule has 0 fully saturated rings. The second-order valence-corrected chi connectivity index (χ2v) is 6.43. The maximum Gasteiger partial charge on any atom is 0.275 e. The van der Waals surface area contributed by atoms with Crippen LogP contribution in [-0.2, 0) is 14.6 Å². The molecule has 1 N–H and O–H groups in total. The Labute approximate surface area is 113 Å². The molecule has 0 aromatic heterocycles. The number of nitrogens with zero attached hydrogens (tertiary/aromatic N) is 2. The van der Waals surface area contributed by atoms with Gasteiger partial charge in [-0.05, 0) is 19.1 Å². The van der Waals surface area contributed by atoms with Crippen molar-refractivity contribution in [3.05, 3.63) is 40.9 Å². The molecule has 0 bridgehead atoms. The van der Waals surface area contributed by atoms with E-state index in [-0.39, 0.29) is 4.91 Å². The third kappa shape index (κ3) is 2.64. The van der Waals surface area contributed by atoms with Crippen molar-refractivity contribution in [1.29, 1.82) is 0 Å². The number of hydrogen-bond acceptors (Lipinski definition) is 3. The van der Waals surface area contributed by atoms with Gasteiger partial charge in [0.2, 0.25) is 0 Å². The average Bonchev–Trinajstić information content (AvgIpc) is 2.53. The van der Waals surface area contributed by atoms with Gasteiger partial charge in [0.25, 0.3) is 5.91 Å². The lowest BCUT2D eigenvalue weighted by Crippen LogP contribution is -2.25. The first-order chi connectivity index (χ1) is 8.81. The van der Waals surface area contributed by atoms with Gasteiger partial charge in [0, 0.05) is 26.0 Å². The summed E-state index contributed by atoms with van der Waals surface area (Å²) in [7, 11) is -0.0205. The zero-order valence-corrected chi connectivity index (χ0v) is 11.8. The van der Waals surface area contributed by atoms with E-state index in [1.807, 2.05) is 19.1 Å². The lowest BCUT2D eigenvalue weighted by Gasteiger charge is -2.13. The van der Waals surface area contributed by atoms with Gasteiger partial charge in [-0.3, -0.25) is 9.69 Å². The lowest BCUT2D eigenvalue weighted by atomic mass is 10.2. The topological polar surface area (TPSA) is 60.9 Å². The Morgan fingerprint density at radius 2 is 1.84 bits per heavy atom. The summed E-state index contributed by atoms with van der Waals surface area (Å²) in [5, 5.41) is 0. The highest BCUT2D eigenvalue weighted by molar-refractivity contribution is 8.01. The van der Waals surface area contributed by atoms with Gasteiger partial charge in [0.15, 0.2) is 0 Å². The Bertz CT molecular complexity index is 653. The molecule has 1 heterocycles. The zero-order chi connectivity index (χ0) is 14.2. The van der Waals surface area contributed by atoms with Gasteiger partial charge >= 0.3 is 0 Å². The Balaban J connectivity index is 2.47. The summed E-state index contributed by atoms with van der Waals surface area (Å²) >= 11 is 0. The molecular weight excluding hydrogens is 264 g/mol. The maximum absolute atomic E-state index is 12.2. The van der Waals surface area contributed by atoms with E-state index in [0.717, 1.165) is 11.1 Å². The van der Waals surface area contributed by atoms with Crippen LogP contribution in [0.2, 0.25) is 0 Å². The standard InChI is InChI=1S/C13H16N2O3S/c1-10-4-6-11(7-5-10)15-9-19(17,18)12(13(15)16)8-14(2)3/h4-9H,1-3H3,(H,17,18)/b12-8+. The zero-order valence-electron chi connectivity index (χ0n) is 11.0. The van der Waals surface area contributed by atoms with Crippen LogP contribution >= 0.6 is 0 Å². The van der Waals surface area contributed by atoms with E-state index in [1.54, 1.807) is 31.1 Å². The fraction of sp³-hybridized carbons (Fsp3) is 0.231. The van der Waals surface area contributed by atoms with Crippen LogP contribution in [0.5, 0.6) is 0 Å². The molecule has 1 aromatic rings. The summed E-state index contributed by atoms with van der Waals surface area (Å²) in [4.78, 5) is 14.9. The maximum atomic E-state index is 12.2. The van der Waals surface area contributed by atoms with Crippen molar-refractivity contribution in [2.75, 3.05) is 19.0 Å². The van der Waals surface area contributed by atoms with Crippen molar-refractivity contribution in [3.63, 3.8) is 0 Å². The van der Waals surface area contributed by atoms with E-state index < -0.39 is 15.7 Å². The van der Waals surface area contributed by atoms with Crippen molar-refractivity contribution in [2.45, 2.75) is 6.92 Å². The van der Waals surface area contributed by atoms with Gasteiger partial charge < -0.3 is 9.45 Å². The second-order valence-electron chi connectivity index (χ2n) is 4.64. The van der Waals surface area contributed by atoms with E-state index in [2.05, 4.69) is 0 Å². The van der Waals surface area contributed by atoms with Gasteiger partial charge in [0.1, 0.15) is 14.7 Å². The van der Waals surface area contributed by atoms with Crippen molar-refractivity contribution < 1.29 is 13.6 Å². The van der Waals surface area contributed by atoms with Crippen LogP contribution in [-0.4, -0.2) is 39.2 Å². The summed E-state index contributed by atoms with van der Waals surface area (Å²) in [6.45, 7) is 1.94. The quantitative estimate of drug-likeness (QED) is 0.654. The fourth-order valence-corrected chi connectivity index (χ4v) is 3.07. The van der Waals surface area contributed by atoms with Crippen LogP contribution in [0.4, 0.5) is 5.69 Å². The third-order valence-electron chi connectivity index (χ3n) is 2.68. The minimum absolute atomic E-state index is 0.0990. The van der Waals surface area contributed by atoms with E-state index >= 15 is 0 Å². The Kier molecular flexibility index (Phi) is 3.38. The van der Waals surface area contributed by atoms with Gasteiger partial charge in [-0.25, -0.2) is 4.21 Å². The molecule has 1 amide bonds. The molecule has 1 atom stereocenters. The largest absolute Gasteiger partial charge is 0.382 e. The second kappa shape index (κ2) is 4.71. The van der Waals surface area contributed by atoms with Crippen LogP contribution in [0.1, 0.15) is 5.56 Å². The summed E-state index contributed by atoms with van der Waals surface area (Å²) in [6.07, 6.45) is 1.38. The molecule has 5 nitrogen and oxygen atoms in total. The predicted molar refractivity (Wildman–Crippen MR) is 77.3 cm³/mol. The monoisotopic (exact) mass is 280 g/mol. The van der Waals surface area contributed by atoms with Crippen LogP contribution in [0.3, 0.4) is 0 Å². The third-order valence-corrected chi connectivity index (χ3v) is 4.09. The average molecular weight is 280 g/mol. The van der Waals surface area contributed by atoms with Gasteiger partial charge in [-0.1, -0.05) is 17.7 Å². The number of benzene rings is 1. The number of aryl methyl sites for hydroxylation is 1. The number of carbonyl (C=O) groups excluding carboxylic acids is 1. The molecule has 0 saturated carbocycles. The molecule has 1 unspecified atom stereocenters. The van der Waals surface area contributed by atoms with E-state index in [4.69, 9.17) is 0 Å². The van der Waals surface area contributed by atoms with E-state index in [1.165, 1.54) is 11.1 Å². The fourth-order valence-electron chi connectivity index (χ4n) is 1.74. The molecule has 1 aromatic carbocycles. The molecule has 2 rings (SSSR count). The first-order valence-electron chi connectivity index (χ1n) is 5.71. The normalized spacial score (nSPS) is 24.7. The van der Waals surface area contributed by atoms with Gasteiger partial charge in [-0.15, -0.1) is 0 Å². The highest BCUT2D eigenvalue weighted by Crippen LogP contribution is 2.24. The molecule has 0 radical (unpaired) electrons. The highest BCUT2D eigenvalue weighted by Gasteiger charge is 2.33. The summed E-state index contributed by atoms with van der Waals surface area (Å²) in [6, 6.07) is 7.20. The number of carbonyl (C=O) groups is 1. The summed E-state index contributed by atoms with van der Waals surface area (Å²) in [5.74, 6) is -0.468. The predicted octanol–water partition coefficient (Wildman–Crippen LogP) is 1.26. The van der Waals surface area contributed by atoms with Crippen molar-refractivity contribution in [3.8, 4) is 0 Å². The van der Waals surface area contributed by atoms with Crippen molar-refractivity contribution >= 4 is 26.9 Å². The number of amides is 1. The molecule has 1 aliphatic heterocycles. The first-order valence-corrected chi connectivity index (χ1v) is 7.29. The lowest BCUT2D eigenvalue weighted by molar-refractivity contribution is -0.113. The molecule has 6 heteroatoms. The first kappa shape index (κ1) is 13.6. The highest BCUT2D eigenvalue weighted by atomic mass is 32.2. The SMILES string of the molecule is Cc1ccc(N2C=S(=O)(O)/C(=C/N(C)C)C2=O)cc1. The number of rotatable bonds is 2. The van der Waals surface area contributed by atoms with Crippen LogP contribution in [0.25, 0.3) is 0 Å². The molecule has 19 heavy (non-hydrogen) atoms.